The van der Waals surface area contributed by atoms with Crippen LogP contribution in [0.1, 0.15) is 113 Å². The van der Waals surface area contributed by atoms with Gasteiger partial charge >= 0.3 is 5.97 Å². The minimum absolute atomic E-state index is 0.0139. The van der Waals surface area contributed by atoms with Crippen LogP contribution in [0, 0.1) is 30.5 Å². The molecular weight excluding hydrogens is 990 g/mol. The number of esters is 1. The maximum Gasteiger partial charge on any atom is 0.343 e. The van der Waals surface area contributed by atoms with Gasteiger partial charge in [-0.2, -0.15) is 0 Å². The van der Waals surface area contributed by atoms with Crippen molar-refractivity contribution in [3.8, 4) is 23.2 Å². The summed E-state index contributed by atoms with van der Waals surface area (Å²) >= 11 is 0. The van der Waals surface area contributed by atoms with Crippen LogP contribution >= 0.6 is 0 Å². The summed E-state index contributed by atoms with van der Waals surface area (Å²) in [5.74, 6) is 2.03. The standard InChI is InChI=1S/C53H66FN9O11S/c1-8-53(70)39-24-43-47-37(29-63(43)50(68)38(39)30-74-51(53)69)35(36-23-33(6)40(54)25-42(36)59-47)18-16-22-73-31-58-45(65)28-55-48(66)41(19-14-15-21-62(9-2)10-3)60-49(67)46(32(4)5)61-44(64)20-13-11-12-17-34-26-56-52(57-27-34)75(7,71)72/h16,18,23-27,32,41,46,70H,8-11,13-15,19-22,28-31H2,1-7H3,(H,55,66)(H,58,65)(H,60,67)(H,61,64)/b18-16+/t41?,46?,53-/m0/s1. The molecule has 22 heteroatoms. The van der Waals surface area contributed by atoms with Crippen LogP contribution in [0.15, 0.2) is 46.6 Å². The lowest BCUT2D eigenvalue weighted by atomic mass is 9.86. The van der Waals surface area contributed by atoms with Gasteiger partial charge in [-0.15, -0.1) is 0 Å². The summed E-state index contributed by atoms with van der Waals surface area (Å²) in [6.07, 6.45) is 9.47. The van der Waals surface area contributed by atoms with E-state index in [4.69, 9.17) is 14.5 Å². The molecule has 2 unspecified atom stereocenters. The minimum Gasteiger partial charge on any atom is -0.458 e. The number of hydrogen-bond acceptors (Lipinski definition) is 15. The van der Waals surface area contributed by atoms with Gasteiger partial charge in [0.1, 0.15) is 31.2 Å². The Hall–Kier alpha value is -6.93. The van der Waals surface area contributed by atoms with Crippen LogP contribution in [0.4, 0.5) is 4.39 Å². The van der Waals surface area contributed by atoms with E-state index in [0.29, 0.717) is 63.8 Å². The molecule has 1 aromatic carbocycles. The number of nitrogens with zero attached hydrogens (tertiary/aromatic N) is 5. The number of ether oxygens (including phenoxy) is 2. The highest BCUT2D eigenvalue weighted by atomic mass is 32.2. The molecule has 0 spiro atoms. The quantitative estimate of drug-likeness (QED) is 0.0195. The van der Waals surface area contributed by atoms with E-state index in [1.54, 1.807) is 52.0 Å². The van der Waals surface area contributed by atoms with Crippen molar-refractivity contribution in [2.75, 3.05) is 45.8 Å². The first-order valence-electron chi connectivity index (χ1n) is 25.1. The minimum atomic E-state index is -3.54. The molecule has 0 saturated carbocycles. The number of carbonyl (C=O) groups excluding carboxylic acids is 5. The summed E-state index contributed by atoms with van der Waals surface area (Å²) in [6, 6.07) is 2.60. The van der Waals surface area contributed by atoms with Gasteiger partial charge in [-0.25, -0.2) is 32.6 Å². The van der Waals surface area contributed by atoms with Crippen LogP contribution in [0.2, 0.25) is 0 Å². The molecule has 0 bridgehead atoms. The van der Waals surface area contributed by atoms with Gasteiger partial charge in [-0.1, -0.05) is 58.6 Å². The van der Waals surface area contributed by atoms with E-state index in [0.717, 1.165) is 32.3 Å². The van der Waals surface area contributed by atoms with Gasteiger partial charge in [0, 0.05) is 54.1 Å². The Morgan fingerprint density at radius 3 is 2.41 bits per heavy atom. The number of rotatable bonds is 24. The second-order valence-corrected chi connectivity index (χ2v) is 20.8. The predicted molar refractivity (Wildman–Crippen MR) is 276 cm³/mol. The van der Waals surface area contributed by atoms with Gasteiger partial charge < -0.3 is 45.3 Å². The Morgan fingerprint density at radius 1 is 1.00 bits per heavy atom. The fraction of sp³-hybridized carbons (Fsp3) is 0.491. The summed E-state index contributed by atoms with van der Waals surface area (Å²) < 4.78 is 50.5. The first kappa shape index (κ1) is 57.4. The van der Waals surface area contributed by atoms with Crippen molar-refractivity contribution >= 4 is 56.4 Å². The Kier molecular flexibility index (Phi) is 19.5. The molecule has 0 fully saturated rings. The Bertz CT molecular complexity index is 3080. The average molecular weight is 1060 g/mol. The molecule has 20 nitrogen and oxygen atoms in total. The second-order valence-electron chi connectivity index (χ2n) is 18.9. The van der Waals surface area contributed by atoms with Crippen LogP contribution in [0.5, 0.6) is 0 Å². The van der Waals surface area contributed by atoms with Crippen LogP contribution in [0.3, 0.4) is 0 Å². The number of carbonyl (C=O) groups is 5. The monoisotopic (exact) mass is 1060 g/mol. The van der Waals surface area contributed by atoms with E-state index < -0.39 is 69.1 Å². The topological polar surface area (TPSA) is 270 Å². The Balaban J connectivity index is 1.03. The SMILES string of the molecule is CCN(CC)CCCCC(NC(=O)C(NC(=O)CCCC#Cc1cnc(S(C)(=O)=O)nc1)C(C)C)C(=O)NCC(=O)NCOC/C=C/c1c2c(nc3cc(F)c(C)cc13)-c1cc3c(c(=O)n1C2)COC(=O)[C@]3(O)CC. The summed E-state index contributed by atoms with van der Waals surface area (Å²) in [6.45, 7) is 12.6. The second kappa shape index (κ2) is 25.5. The van der Waals surface area contributed by atoms with Crippen molar-refractivity contribution in [2.45, 2.75) is 122 Å². The number of amides is 4. The molecule has 3 aromatic heterocycles. The molecular formula is C53H66FN9O11S. The normalized spacial score (nSPS) is 15.6. The van der Waals surface area contributed by atoms with Crippen molar-refractivity contribution in [1.29, 1.82) is 0 Å². The molecule has 0 aliphatic carbocycles. The van der Waals surface area contributed by atoms with Gasteiger partial charge in [-0.3, -0.25) is 24.0 Å². The first-order chi connectivity index (χ1) is 35.7. The summed E-state index contributed by atoms with van der Waals surface area (Å²) in [5.41, 5.74) is 1.08. The summed E-state index contributed by atoms with van der Waals surface area (Å²) in [7, 11) is -3.54. The highest BCUT2D eigenvalue weighted by Crippen LogP contribution is 2.41. The molecule has 5 N–H and O–H groups in total. The molecule has 4 aromatic rings. The third kappa shape index (κ3) is 14.1. The molecule has 402 valence electrons. The molecule has 5 heterocycles. The summed E-state index contributed by atoms with van der Waals surface area (Å²) in [4.78, 5) is 94.4. The van der Waals surface area contributed by atoms with Crippen LogP contribution in [-0.4, -0.2) is 125 Å². The van der Waals surface area contributed by atoms with Crippen LogP contribution < -0.4 is 26.8 Å². The highest BCUT2D eigenvalue weighted by Gasteiger charge is 2.45. The Morgan fingerprint density at radius 2 is 1.73 bits per heavy atom. The highest BCUT2D eigenvalue weighted by molar-refractivity contribution is 7.90. The number of aromatic nitrogens is 4. The van der Waals surface area contributed by atoms with Gasteiger partial charge in [0.25, 0.3) is 5.56 Å². The van der Waals surface area contributed by atoms with Crippen molar-refractivity contribution in [2.24, 2.45) is 5.92 Å². The number of pyridine rings is 2. The number of unbranched alkanes of at least 4 members (excludes halogenated alkanes) is 2. The molecule has 0 radical (unpaired) electrons. The zero-order valence-corrected chi connectivity index (χ0v) is 44.2. The zero-order chi connectivity index (χ0) is 54.6. The number of benzene rings is 1. The van der Waals surface area contributed by atoms with E-state index >= 15 is 0 Å². The fourth-order valence-electron chi connectivity index (χ4n) is 8.82. The summed E-state index contributed by atoms with van der Waals surface area (Å²) in [5, 5.41) is 22.4. The first-order valence-corrected chi connectivity index (χ1v) is 27.0. The van der Waals surface area contributed by atoms with Crippen LogP contribution in [0.25, 0.3) is 28.4 Å². The van der Waals surface area contributed by atoms with Gasteiger partial charge in [-0.05, 0) is 87.8 Å². The lowest BCUT2D eigenvalue weighted by molar-refractivity contribution is -0.172. The number of cyclic esters (lactones) is 1. The van der Waals surface area contributed by atoms with Gasteiger partial charge in [0.2, 0.25) is 38.6 Å². The third-order valence-electron chi connectivity index (χ3n) is 13.2. The number of fused-ring (bicyclic) bond motifs is 5. The fourth-order valence-corrected chi connectivity index (χ4v) is 9.31. The maximum absolute atomic E-state index is 14.9. The smallest absolute Gasteiger partial charge is 0.343 e. The number of sulfone groups is 1. The maximum atomic E-state index is 14.9. The van der Waals surface area contributed by atoms with E-state index in [1.807, 2.05) is 0 Å². The van der Waals surface area contributed by atoms with Crippen molar-refractivity contribution < 1.29 is 51.4 Å². The number of nitrogens with one attached hydrogen (secondary N) is 4. The third-order valence-corrected chi connectivity index (χ3v) is 14.1. The van der Waals surface area contributed by atoms with Crippen LogP contribution in [-0.2, 0) is 62.0 Å². The number of aryl methyl sites for hydroxylation is 1. The number of halogens is 1. The van der Waals surface area contributed by atoms with E-state index in [1.165, 1.54) is 23.0 Å². The van der Waals surface area contributed by atoms with E-state index in [9.17, 15) is 46.7 Å². The number of hydrogen-bond donors (Lipinski definition) is 5. The molecule has 75 heavy (non-hydrogen) atoms. The molecule has 6 rings (SSSR count). The molecule has 2 aliphatic heterocycles. The largest absolute Gasteiger partial charge is 0.458 e. The molecule has 3 atom stereocenters. The van der Waals surface area contributed by atoms with E-state index in [2.05, 4.69) is 61.8 Å². The molecule has 4 amide bonds. The zero-order valence-electron chi connectivity index (χ0n) is 43.4. The van der Waals surface area contributed by atoms with Gasteiger partial charge in [0.15, 0.2) is 5.60 Å². The Labute approximate surface area is 435 Å². The molecule has 0 saturated heterocycles. The predicted octanol–water partition coefficient (Wildman–Crippen LogP) is 3.30. The van der Waals surface area contributed by atoms with Crippen molar-refractivity contribution in [1.82, 2.24) is 45.7 Å². The van der Waals surface area contributed by atoms with E-state index in [-0.39, 0.29) is 73.9 Å². The lowest BCUT2D eigenvalue weighted by Gasteiger charge is -2.31. The average Bonchev–Trinajstić information content (AvgIpc) is 3.74. The van der Waals surface area contributed by atoms with Crippen molar-refractivity contribution in [3.05, 3.63) is 86.2 Å². The number of aliphatic hydroxyl groups is 1. The van der Waals surface area contributed by atoms with Crippen molar-refractivity contribution in [3.63, 3.8) is 0 Å². The molecule has 2 aliphatic rings. The van der Waals surface area contributed by atoms with Gasteiger partial charge in [0.05, 0.1) is 47.7 Å². The lowest BCUT2D eigenvalue weighted by Crippen LogP contribution is -2.56.